The highest BCUT2D eigenvalue weighted by atomic mass is 16.5. The summed E-state index contributed by atoms with van der Waals surface area (Å²) in [7, 11) is 0. The van der Waals surface area contributed by atoms with E-state index in [1.54, 1.807) is 0 Å². The smallest absolute Gasteiger partial charge is 0.124 e. The van der Waals surface area contributed by atoms with Gasteiger partial charge in [0.1, 0.15) is 12.4 Å². The molecule has 0 radical (unpaired) electrons. The lowest BCUT2D eigenvalue weighted by atomic mass is 10.1. The first-order valence-electron chi connectivity index (χ1n) is 4.75. The Kier molecular flexibility index (Phi) is 3.92. The molecule has 78 valence electrons. The predicted molar refractivity (Wildman–Crippen MR) is 56.4 cm³/mol. The summed E-state index contributed by atoms with van der Waals surface area (Å²) >= 11 is 0. The second-order valence-corrected chi connectivity index (χ2v) is 3.40. The average molecular weight is 195 g/mol. The van der Waals surface area contributed by atoms with Crippen LogP contribution in [0.3, 0.4) is 0 Å². The molecule has 1 unspecified atom stereocenters. The second kappa shape index (κ2) is 4.98. The van der Waals surface area contributed by atoms with Gasteiger partial charge < -0.3 is 15.6 Å². The molecule has 0 bridgehead atoms. The highest BCUT2D eigenvalue weighted by molar-refractivity contribution is 5.38. The molecule has 0 spiro atoms. The van der Waals surface area contributed by atoms with Crippen molar-refractivity contribution in [3.8, 4) is 5.75 Å². The van der Waals surface area contributed by atoms with Crippen molar-refractivity contribution in [2.45, 2.75) is 19.9 Å². The number of hydrogen-bond acceptors (Lipinski definition) is 3. The lowest BCUT2D eigenvalue weighted by molar-refractivity contribution is 0.200. The molecule has 3 heteroatoms. The minimum atomic E-state index is -0.0516. The maximum atomic E-state index is 8.67. The maximum absolute atomic E-state index is 8.67. The van der Waals surface area contributed by atoms with Crippen molar-refractivity contribution < 1.29 is 9.84 Å². The van der Waals surface area contributed by atoms with Crippen LogP contribution in [0.2, 0.25) is 0 Å². The van der Waals surface area contributed by atoms with E-state index in [4.69, 9.17) is 15.6 Å². The van der Waals surface area contributed by atoms with Crippen molar-refractivity contribution in [2.75, 3.05) is 13.2 Å². The Balaban J connectivity index is 2.91. The molecule has 1 aromatic rings. The Morgan fingerprint density at radius 1 is 1.50 bits per heavy atom. The Bertz CT molecular complexity index is 297. The molecule has 0 aliphatic rings. The van der Waals surface area contributed by atoms with Gasteiger partial charge in [0, 0.05) is 11.6 Å². The number of ether oxygens (including phenoxy) is 1. The first kappa shape index (κ1) is 11.0. The van der Waals surface area contributed by atoms with Crippen LogP contribution in [0.5, 0.6) is 5.75 Å². The van der Waals surface area contributed by atoms with Crippen molar-refractivity contribution >= 4 is 0 Å². The molecule has 3 N–H and O–H groups in total. The summed E-state index contributed by atoms with van der Waals surface area (Å²) in [4.78, 5) is 0. The van der Waals surface area contributed by atoms with Crippen molar-refractivity contribution in [1.82, 2.24) is 0 Å². The van der Waals surface area contributed by atoms with Gasteiger partial charge in [0.15, 0.2) is 0 Å². The molecule has 0 amide bonds. The maximum Gasteiger partial charge on any atom is 0.124 e. The van der Waals surface area contributed by atoms with Crippen molar-refractivity contribution in [3.05, 3.63) is 29.3 Å². The van der Waals surface area contributed by atoms with E-state index in [1.807, 2.05) is 32.0 Å². The fourth-order valence-corrected chi connectivity index (χ4v) is 1.30. The standard InChI is InChI=1S/C11H17NO2/c1-8-3-4-10(9(2)12)11(7-8)14-6-5-13/h3-4,7,9,13H,5-6,12H2,1-2H3. The van der Waals surface area contributed by atoms with Crippen LogP contribution in [0.25, 0.3) is 0 Å². The topological polar surface area (TPSA) is 55.5 Å². The monoisotopic (exact) mass is 195 g/mol. The van der Waals surface area contributed by atoms with Gasteiger partial charge in [-0.05, 0) is 25.5 Å². The summed E-state index contributed by atoms with van der Waals surface area (Å²) in [6.45, 7) is 4.24. The third-order valence-corrected chi connectivity index (χ3v) is 2.01. The fraction of sp³-hybridized carbons (Fsp3) is 0.455. The molecular weight excluding hydrogens is 178 g/mol. The van der Waals surface area contributed by atoms with Crippen molar-refractivity contribution in [2.24, 2.45) is 5.73 Å². The van der Waals surface area contributed by atoms with E-state index in [0.29, 0.717) is 6.61 Å². The first-order valence-corrected chi connectivity index (χ1v) is 4.75. The van der Waals surface area contributed by atoms with Crippen LogP contribution in [0.15, 0.2) is 18.2 Å². The van der Waals surface area contributed by atoms with E-state index in [1.165, 1.54) is 0 Å². The lowest BCUT2D eigenvalue weighted by Crippen LogP contribution is -2.10. The molecule has 3 nitrogen and oxygen atoms in total. The Hall–Kier alpha value is -1.06. The number of aryl methyl sites for hydroxylation is 1. The average Bonchev–Trinajstić information content (AvgIpc) is 2.14. The van der Waals surface area contributed by atoms with E-state index >= 15 is 0 Å². The predicted octanol–water partition coefficient (Wildman–Crippen LogP) is 1.39. The quantitative estimate of drug-likeness (QED) is 0.763. The molecular formula is C11H17NO2. The zero-order chi connectivity index (χ0) is 10.6. The molecule has 0 aliphatic carbocycles. The SMILES string of the molecule is Cc1ccc(C(C)N)c(OCCO)c1. The number of hydrogen-bond donors (Lipinski definition) is 2. The molecule has 0 saturated heterocycles. The van der Waals surface area contributed by atoms with Crippen molar-refractivity contribution in [3.63, 3.8) is 0 Å². The van der Waals surface area contributed by atoms with E-state index in [2.05, 4.69) is 0 Å². The van der Waals surface area contributed by atoms with Crippen LogP contribution < -0.4 is 10.5 Å². The molecule has 0 fully saturated rings. The zero-order valence-corrected chi connectivity index (χ0v) is 8.66. The molecule has 0 heterocycles. The Labute approximate surface area is 84.5 Å². The Morgan fingerprint density at radius 3 is 2.79 bits per heavy atom. The van der Waals surface area contributed by atoms with Crippen LogP contribution in [-0.2, 0) is 0 Å². The molecule has 1 rings (SSSR count). The van der Waals surface area contributed by atoms with Gasteiger partial charge in [0.25, 0.3) is 0 Å². The van der Waals surface area contributed by atoms with Gasteiger partial charge in [0.05, 0.1) is 6.61 Å². The van der Waals surface area contributed by atoms with Gasteiger partial charge in [-0.2, -0.15) is 0 Å². The minimum Gasteiger partial charge on any atom is -0.491 e. The Morgan fingerprint density at radius 2 is 2.21 bits per heavy atom. The highest BCUT2D eigenvalue weighted by Gasteiger charge is 2.07. The van der Waals surface area contributed by atoms with Crippen LogP contribution in [0, 0.1) is 6.92 Å². The van der Waals surface area contributed by atoms with Gasteiger partial charge >= 0.3 is 0 Å². The van der Waals surface area contributed by atoms with Gasteiger partial charge in [-0.3, -0.25) is 0 Å². The molecule has 1 aromatic carbocycles. The third-order valence-electron chi connectivity index (χ3n) is 2.01. The summed E-state index contributed by atoms with van der Waals surface area (Å²) in [5, 5.41) is 8.67. The van der Waals surface area contributed by atoms with Gasteiger partial charge in [-0.1, -0.05) is 12.1 Å². The summed E-state index contributed by atoms with van der Waals surface area (Å²) in [6.07, 6.45) is 0. The molecule has 0 aromatic heterocycles. The van der Waals surface area contributed by atoms with E-state index in [0.717, 1.165) is 16.9 Å². The van der Waals surface area contributed by atoms with Gasteiger partial charge in [-0.25, -0.2) is 0 Å². The van der Waals surface area contributed by atoms with Crippen LogP contribution in [0.1, 0.15) is 24.1 Å². The third kappa shape index (κ3) is 2.72. The second-order valence-electron chi connectivity index (χ2n) is 3.40. The van der Waals surface area contributed by atoms with Crippen molar-refractivity contribution in [1.29, 1.82) is 0 Å². The number of benzene rings is 1. The van der Waals surface area contributed by atoms with Crippen LogP contribution >= 0.6 is 0 Å². The van der Waals surface area contributed by atoms with Gasteiger partial charge in [0.2, 0.25) is 0 Å². The lowest BCUT2D eigenvalue weighted by Gasteiger charge is -2.13. The van der Waals surface area contributed by atoms with Gasteiger partial charge in [-0.15, -0.1) is 0 Å². The number of rotatable bonds is 4. The van der Waals surface area contributed by atoms with Crippen LogP contribution in [0.4, 0.5) is 0 Å². The molecule has 14 heavy (non-hydrogen) atoms. The van der Waals surface area contributed by atoms with E-state index in [9.17, 15) is 0 Å². The summed E-state index contributed by atoms with van der Waals surface area (Å²) < 4.78 is 5.40. The fourth-order valence-electron chi connectivity index (χ4n) is 1.30. The van der Waals surface area contributed by atoms with E-state index in [-0.39, 0.29) is 12.6 Å². The molecule has 0 saturated carbocycles. The summed E-state index contributed by atoms with van der Waals surface area (Å²) in [5.74, 6) is 0.772. The zero-order valence-electron chi connectivity index (χ0n) is 8.66. The summed E-state index contributed by atoms with van der Waals surface area (Å²) in [5.41, 5.74) is 7.90. The number of nitrogens with two attached hydrogens (primary N) is 1. The molecule has 1 atom stereocenters. The molecule has 0 aliphatic heterocycles. The van der Waals surface area contributed by atoms with E-state index < -0.39 is 0 Å². The number of aliphatic hydroxyl groups is 1. The highest BCUT2D eigenvalue weighted by Crippen LogP contribution is 2.24. The normalized spacial score (nSPS) is 12.6. The number of aliphatic hydroxyl groups excluding tert-OH is 1. The first-order chi connectivity index (χ1) is 6.65. The van der Waals surface area contributed by atoms with Crippen LogP contribution in [-0.4, -0.2) is 18.3 Å². The largest absolute Gasteiger partial charge is 0.491 e. The summed E-state index contributed by atoms with van der Waals surface area (Å²) in [6, 6.07) is 5.86. The minimum absolute atomic E-state index is 0.0202.